The normalized spacial score (nSPS) is 18.6. The molecule has 5 nitrogen and oxygen atoms in total. The standard InChI is InChI=1S/C15H31N3O2/c1-6-20-15(19)18-9-7-13(8-10-18)16-11-14(12(2)3)17(4)5/h12-14,16H,6-11H2,1-5H3. The van der Waals surface area contributed by atoms with E-state index in [9.17, 15) is 4.79 Å². The lowest BCUT2D eigenvalue weighted by molar-refractivity contribution is 0.0940. The maximum absolute atomic E-state index is 11.6. The van der Waals surface area contributed by atoms with Crippen LogP contribution < -0.4 is 5.32 Å². The highest BCUT2D eigenvalue weighted by Gasteiger charge is 2.24. The zero-order valence-corrected chi connectivity index (χ0v) is 13.7. The molecule has 0 aromatic carbocycles. The Morgan fingerprint density at radius 1 is 1.35 bits per heavy atom. The molecule has 1 rings (SSSR count). The van der Waals surface area contributed by atoms with Crippen molar-refractivity contribution in [1.82, 2.24) is 15.1 Å². The quantitative estimate of drug-likeness (QED) is 0.808. The third-order valence-electron chi connectivity index (χ3n) is 4.07. The molecule has 1 N–H and O–H groups in total. The van der Waals surface area contributed by atoms with E-state index in [0.29, 0.717) is 24.6 Å². The largest absolute Gasteiger partial charge is 0.450 e. The first-order chi connectivity index (χ1) is 9.45. The molecule has 1 aliphatic heterocycles. The Morgan fingerprint density at radius 2 is 1.95 bits per heavy atom. The molecule has 20 heavy (non-hydrogen) atoms. The van der Waals surface area contributed by atoms with Gasteiger partial charge in [-0.3, -0.25) is 0 Å². The van der Waals surface area contributed by atoms with Gasteiger partial charge in [0.05, 0.1) is 6.61 Å². The highest BCUT2D eigenvalue weighted by molar-refractivity contribution is 5.67. The monoisotopic (exact) mass is 285 g/mol. The highest BCUT2D eigenvalue weighted by Crippen LogP contribution is 2.13. The highest BCUT2D eigenvalue weighted by atomic mass is 16.6. The summed E-state index contributed by atoms with van der Waals surface area (Å²) in [5, 5.41) is 3.66. The molecule has 1 saturated heterocycles. The second-order valence-corrected chi connectivity index (χ2v) is 6.14. The fraction of sp³-hybridized carbons (Fsp3) is 0.933. The summed E-state index contributed by atoms with van der Waals surface area (Å²) >= 11 is 0. The maximum Gasteiger partial charge on any atom is 0.409 e. The lowest BCUT2D eigenvalue weighted by Gasteiger charge is -2.34. The summed E-state index contributed by atoms with van der Waals surface area (Å²) in [6.45, 7) is 9.42. The van der Waals surface area contributed by atoms with E-state index in [-0.39, 0.29) is 6.09 Å². The molecule has 0 spiro atoms. The average molecular weight is 285 g/mol. The molecule has 118 valence electrons. The van der Waals surface area contributed by atoms with E-state index in [0.717, 1.165) is 32.5 Å². The minimum absolute atomic E-state index is 0.167. The number of amides is 1. The first-order valence-corrected chi connectivity index (χ1v) is 7.77. The van der Waals surface area contributed by atoms with E-state index < -0.39 is 0 Å². The number of carbonyl (C=O) groups is 1. The summed E-state index contributed by atoms with van der Waals surface area (Å²) in [5.74, 6) is 0.636. The van der Waals surface area contributed by atoms with Crippen molar-refractivity contribution in [2.75, 3.05) is 40.3 Å². The summed E-state index contributed by atoms with van der Waals surface area (Å²) in [5.41, 5.74) is 0. The van der Waals surface area contributed by atoms with Crippen LogP contribution in [0.25, 0.3) is 0 Å². The molecule has 1 heterocycles. The summed E-state index contributed by atoms with van der Waals surface area (Å²) < 4.78 is 5.04. The van der Waals surface area contributed by atoms with Gasteiger partial charge in [-0.2, -0.15) is 0 Å². The zero-order chi connectivity index (χ0) is 15.1. The fourth-order valence-electron chi connectivity index (χ4n) is 2.78. The lowest BCUT2D eigenvalue weighted by atomic mass is 10.0. The van der Waals surface area contributed by atoms with Crippen LogP contribution in [0.15, 0.2) is 0 Å². The van der Waals surface area contributed by atoms with Gasteiger partial charge in [0.15, 0.2) is 0 Å². The molecule has 0 aromatic rings. The van der Waals surface area contributed by atoms with E-state index in [1.54, 1.807) is 0 Å². The maximum atomic E-state index is 11.6. The number of hydrogen-bond acceptors (Lipinski definition) is 4. The van der Waals surface area contributed by atoms with E-state index in [4.69, 9.17) is 4.74 Å². The predicted molar refractivity (Wildman–Crippen MR) is 81.9 cm³/mol. The minimum atomic E-state index is -0.167. The zero-order valence-electron chi connectivity index (χ0n) is 13.7. The Hall–Kier alpha value is -0.810. The van der Waals surface area contributed by atoms with Gasteiger partial charge in [-0.15, -0.1) is 0 Å². The van der Waals surface area contributed by atoms with Crippen LogP contribution in [0.5, 0.6) is 0 Å². The van der Waals surface area contributed by atoms with E-state index in [1.807, 2.05) is 11.8 Å². The molecule has 1 atom stereocenters. The van der Waals surface area contributed by atoms with Crippen molar-refractivity contribution < 1.29 is 9.53 Å². The van der Waals surface area contributed by atoms with Crippen molar-refractivity contribution in [2.24, 2.45) is 5.92 Å². The Kier molecular flexibility index (Phi) is 7.30. The number of ether oxygens (including phenoxy) is 1. The van der Waals surface area contributed by atoms with Crippen molar-refractivity contribution in [2.45, 2.75) is 45.7 Å². The third-order valence-corrected chi connectivity index (χ3v) is 4.07. The summed E-state index contributed by atoms with van der Waals surface area (Å²) in [7, 11) is 4.27. The van der Waals surface area contributed by atoms with Crippen molar-refractivity contribution in [1.29, 1.82) is 0 Å². The van der Waals surface area contributed by atoms with Gasteiger partial charge in [0.25, 0.3) is 0 Å². The SMILES string of the molecule is CCOC(=O)N1CCC(NCC(C(C)C)N(C)C)CC1. The van der Waals surface area contributed by atoms with E-state index in [2.05, 4.69) is 38.2 Å². The van der Waals surface area contributed by atoms with E-state index >= 15 is 0 Å². The van der Waals surface area contributed by atoms with Crippen molar-refractivity contribution >= 4 is 6.09 Å². The average Bonchev–Trinajstić information content (AvgIpc) is 2.39. The lowest BCUT2D eigenvalue weighted by Crippen LogP contribution is -2.49. The van der Waals surface area contributed by atoms with Gasteiger partial charge in [-0.1, -0.05) is 13.8 Å². The Bertz CT molecular complexity index is 279. The molecule has 0 bridgehead atoms. The predicted octanol–water partition coefficient (Wildman–Crippen LogP) is 1.78. The summed E-state index contributed by atoms with van der Waals surface area (Å²) in [6, 6.07) is 1.07. The van der Waals surface area contributed by atoms with Crippen LogP contribution >= 0.6 is 0 Å². The minimum Gasteiger partial charge on any atom is -0.450 e. The number of likely N-dealkylation sites (N-methyl/N-ethyl adjacent to an activating group) is 1. The van der Waals surface area contributed by atoms with Crippen LogP contribution in [0.1, 0.15) is 33.6 Å². The molecule has 0 radical (unpaired) electrons. The molecule has 1 amide bonds. The van der Waals surface area contributed by atoms with Gasteiger partial charge < -0.3 is 19.9 Å². The number of carbonyl (C=O) groups excluding carboxylic acids is 1. The molecule has 1 unspecified atom stereocenters. The van der Waals surface area contributed by atoms with Gasteiger partial charge in [-0.05, 0) is 39.8 Å². The van der Waals surface area contributed by atoms with Crippen LogP contribution in [0.2, 0.25) is 0 Å². The third kappa shape index (κ3) is 5.29. The number of nitrogens with zero attached hydrogens (tertiary/aromatic N) is 2. The number of likely N-dealkylation sites (tertiary alicyclic amines) is 1. The molecular weight excluding hydrogens is 254 g/mol. The molecule has 0 aromatic heterocycles. The number of hydrogen-bond donors (Lipinski definition) is 1. The first kappa shape index (κ1) is 17.2. The first-order valence-electron chi connectivity index (χ1n) is 7.77. The van der Waals surface area contributed by atoms with Crippen molar-refractivity contribution in [3.8, 4) is 0 Å². The Morgan fingerprint density at radius 3 is 2.40 bits per heavy atom. The Labute approximate surface area is 123 Å². The van der Waals surface area contributed by atoms with Gasteiger partial charge in [0.1, 0.15) is 0 Å². The van der Waals surface area contributed by atoms with Crippen LogP contribution in [-0.2, 0) is 4.74 Å². The van der Waals surface area contributed by atoms with Crippen LogP contribution in [-0.4, -0.2) is 68.3 Å². The van der Waals surface area contributed by atoms with Crippen molar-refractivity contribution in [3.05, 3.63) is 0 Å². The van der Waals surface area contributed by atoms with Gasteiger partial charge in [-0.25, -0.2) is 4.79 Å². The second-order valence-electron chi connectivity index (χ2n) is 6.14. The molecule has 0 aliphatic carbocycles. The molecular formula is C15H31N3O2. The summed E-state index contributed by atoms with van der Waals surface area (Å²) in [4.78, 5) is 15.7. The van der Waals surface area contributed by atoms with Crippen molar-refractivity contribution in [3.63, 3.8) is 0 Å². The molecule has 5 heteroatoms. The van der Waals surface area contributed by atoms with Crippen LogP contribution in [0.4, 0.5) is 4.79 Å². The van der Waals surface area contributed by atoms with Crippen LogP contribution in [0, 0.1) is 5.92 Å². The van der Waals surface area contributed by atoms with Gasteiger partial charge in [0, 0.05) is 31.7 Å². The van der Waals surface area contributed by atoms with Crippen LogP contribution in [0.3, 0.4) is 0 Å². The molecule has 1 aliphatic rings. The smallest absolute Gasteiger partial charge is 0.409 e. The topological polar surface area (TPSA) is 44.8 Å². The van der Waals surface area contributed by atoms with Gasteiger partial charge >= 0.3 is 6.09 Å². The number of rotatable bonds is 6. The Balaban J connectivity index is 2.30. The molecule has 0 saturated carbocycles. The fourth-order valence-corrected chi connectivity index (χ4v) is 2.78. The number of nitrogens with one attached hydrogen (secondary N) is 1. The summed E-state index contributed by atoms with van der Waals surface area (Å²) in [6.07, 6.45) is 1.85. The van der Waals surface area contributed by atoms with Gasteiger partial charge in [0.2, 0.25) is 0 Å². The molecule has 1 fully saturated rings. The second kappa shape index (κ2) is 8.47. The number of piperidine rings is 1. The van der Waals surface area contributed by atoms with E-state index in [1.165, 1.54) is 0 Å².